The van der Waals surface area contributed by atoms with Gasteiger partial charge in [0.2, 0.25) is 10.0 Å². The first-order valence-electron chi connectivity index (χ1n) is 7.50. The molecule has 0 saturated heterocycles. The number of halogens is 1. The Balaban J connectivity index is 2.27. The summed E-state index contributed by atoms with van der Waals surface area (Å²) in [5.41, 5.74) is 1.20. The highest BCUT2D eigenvalue weighted by atomic mass is 32.2. The van der Waals surface area contributed by atoms with Gasteiger partial charge in [-0.05, 0) is 43.7 Å². The maximum atomic E-state index is 14.0. The van der Waals surface area contributed by atoms with Crippen LogP contribution in [-0.2, 0) is 10.0 Å². The van der Waals surface area contributed by atoms with Crippen LogP contribution in [0.5, 0.6) is 0 Å². The fourth-order valence-corrected chi connectivity index (χ4v) is 3.16. The van der Waals surface area contributed by atoms with Crippen LogP contribution in [0.4, 0.5) is 10.1 Å². The van der Waals surface area contributed by atoms with Crippen LogP contribution in [0.2, 0.25) is 0 Å². The van der Waals surface area contributed by atoms with Crippen LogP contribution in [0.15, 0.2) is 47.4 Å². The lowest BCUT2D eigenvalue weighted by molar-refractivity contribution is 0.102. The standard InChI is InChI=1S/C17H19FN2O3S/c1-3-10-19-24(22,23)14-8-9-16(18)15(11-14)17(21)20-13-6-4-12(2)5-7-13/h4-9,11,19H,3,10H2,1-2H3,(H,20,21). The van der Waals surface area contributed by atoms with Crippen LogP contribution < -0.4 is 10.0 Å². The SMILES string of the molecule is CCCNS(=O)(=O)c1ccc(F)c(C(=O)Nc2ccc(C)cc2)c1. The van der Waals surface area contributed by atoms with Crippen molar-refractivity contribution in [3.05, 3.63) is 59.4 Å². The molecule has 0 unspecified atom stereocenters. The molecule has 2 aromatic carbocycles. The third kappa shape index (κ3) is 4.39. The number of benzene rings is 2. The van der Waals surface area contributed by atoms with Crippen LogP contribution >= 0.6 is 0 Å². The zero-order valence-electron chi connectivity index (χ0n) is 13.5. The Labute approximate surface area is 141 Å². The molecule has 0 bridgehead atoms. The molecule has 0 heterocycles. The van der Waals surface area contributed by atoms with E-state index < -0.39 is 21.7 Å². The average Bonchev–Trinajstić information content (AvgIpc) is 2.55. The molecule has 0 saturated carbocycles. The minimum absolute atomic E-state index is 0.147. The Morgan fingerprint density at radius 1 is 1.12 bits per heavy atom. The smallest absolute Gasteiger partial charge is 0.258 e. The molecule has 7 heteroatoms. The summed E-state index contributed by atoms with van der Waals surface area (Å²) in [6, 6.07) is 10.1. The topological polar surface area (TPSA) is 75.3 Å². The molecule has 0 radical (unpaired) electrons. The summed E-state index contributed by atoms with van der Waals surface area (Å²) in [6.45, 7) is 4.00. The van der Waals surface area contributed by atoms with Crippen molar-refractivity contribution in [2.24, 2.45) is 0 Å². The highest BCUT2D eigenvalue weighted by molar-refractivity contribution is 7.89. The monoisotopic (exact) mass is 350 g/mol. The van der Waals surface area contributed by atoms with Crippen molar-refractivity contribution in [1.29, 1.82) is 0 Å². The van der Waals surface area contributed by atoms with Crippen molar-refractivity contribution in [3.8, 4) is 0 Å². The molecule has 0 spiro atoms. The summed E-state index contributed by atoms with van der Waals surface area (Å²) >= 11 is 0. The zero-order valence-corrected chi connectivity index (χ0v) is 14.3. The predicted molar refractivity (Wildman–Crippen MR) is 91.0 cm³/mol. The van der Waals surface area contributed by atoms with E-state index in [-0.39, 0.29) is 17.0 Å². The zero-order chi connectivity index (χ0) is 17.7. The largest absolute Gasteiger partial charge is 0.322 e. The van der Waals surface area contributed by atoms with Crippen LogP contribution in [0, 0.1) is 12.7 Å². The number of hydrogen-bond acceptors (Lipinski definition) is 3. The van der Waals surface area contributed by atoms with Crippen molar-refractivity contribution in [1.82, 2.24) is 4.72 Å². The molecule has 0 atom stereocenters. The quantitative estimate of drug-likeness (QED) is 0.841. The lowest BCUT2D eigenvalue weighted by atomic mass is 10.2. The molecule has 1 amide bonds. The van der Waals surface area contributed by atoms with Gasteiger partial charge in [-0.1, -0.05) is 24.6 Å². The van der Waals surface area contributed by atoms with Gasteiger partial charge in [-0.2, -0.15) is 0 Å². The van der Waals surface area contributed by atoms with Crippen LogP contribution in [0.1, 0.15) is 29.3 Å². The van der Waals surface area contributed by atoms with Crippen molar-refractivity contribution in [2.45, 2.75) is 25.2 Å². The minimum atomic E-state index is -3.77. The summed E-state index contributed by atoms with van der Waals surface area (Å²) in [6.07, 6.45) is 0.626. The lowest BCUT2D eigenvalue weighted by Crippen LogP contribution is -2.25. The average molecular weight is 350 g/mol. The summed E-state index contributed by atoms with van der Waals surface area (Å²) < 4.78 is 40.6. The Hall–Kier alpha value is -2.25. The maximum Gasteiger partial charge on any atom is 0.258 e. The first kappa shape index (κ1) is 18.1. The van der Waals surface area contributed by atoms with Crippen molar-refractivity contribution in [2.75, 3.05) is 11.9 Å². The van der Waals surface area contributed by atoms with Crippen LogP contribution in [0.3, 0.4) is 0 Å². The second-order valence-corrected chi connectivity index (χ2v) is 7.13. The molecule has 24 heavy (non-hydrogen) atoms. The number of carbonyl (C=O) groups excluding carboxylic acids is 1. The van der Waals surface area contributed by atoms with Gasteiger partial charge in [-0.25, -0.2) is 17.5 Å². The molecule has 0 aliphatic carbocycles. The third-order valence-electron chi connectivity index (χ3n) is 3.34. The number of aryl methyl sites for hydroxylation is 1. The van der Waals surface area contributed by atoms with E-state index in [0.717, 1.165) is 23.8 Å². The van der Waals surface area contributed by atoms with Gasteiger partial charge in [0.15, 0.2) is 0 Å². The van der Waals surface area contributed by atoms with E-state index in [4.69, 9.17) is 0 Å². The van der Waals surface area contributed by atoms with Gasteiger partial charge in [0, 0.05) is 12.2 Å². The first-order valence-corrected chi connectivity index (χ1v) is 8.99. The van der Waals surface area contributed by atoms with Crippen LogP contribution in [-0.4, -0.2) is 20.9 Å². The maximum absolute atomic E-state index is 14.0. The molecule has 2 rings (SSSR count). The summed E-state index contributed by atoms with van der Waals surface area (Å²) in [7, 11) is -3.77. The molecular formula is C17H19FN2O3S. The number of amides is 1. The number of nitrogens with one attached hydrogen (secondary N) is 2. The lowest BCUT2D eigenvalue weighted by Gasteiger charge is -2.10. The third-order valence-corrected chi connectivity index (χ3v) is 4.80. The number of hydrogen-bond donors (Lipinski definition) is 2. The Morgan fingerprint density at radius 3 is 2.42 bits per heavy atom. The first-order chi connectivity index (χ1) is 11.3. The summed E-state index contributed by atoms with van der Waals surface area (Å²) in [4.78, 5) is 12.1. The van der Waals surface area contributed by atoms with Crippen LogP contribution in [0.25, 0.3) is 0 Å². The van der Waals surface area contributed by atoms with E-state index in [1.54, 1.807) is 12.1 Å². The highest BCUT2D eigenvalue weighted by Gasteiger charge is 2.19. The fourth-order valence-electron chi connectivity index (χ4n) is 2.00. The molecule has 0 aromatic heterocycles. The highest BCUT2D eigenvalue weighted by Crippen LogP contribution is 2.17. The second-order valence-electron chi connectivity index (χ2n) is 5.36. The number of carbonyl (C=O) groups is 1. The van der Waals surface area contributed by atoms with Gasteiger partial charge >= 0.3 is 0 Å². The normalized spacial score (nSPS) is 11.3. The van der Waals surface area contributed by atoms with Gasteiger partial charge < -0.3 is 5.32 Å². The Bertz CT molecular complexity index is 833. The number of sulfonamides is 1. The summed E-state index contributed by atoms with van der Waals surface area (Å²) in [5.74, 6) is -1.49. The number of rotatable bonds is 6. The van der Waals surface area contributed by atoms with Crippen molar-refractivity contribution >= 4 is 21.6 Å². The van der Waals surface area contributed by atoms with E-state index in [1.165, 1.54) is 0 Å². The van der Waals surface area contributed by atoms with E-state index in [1.807, 2.05) is 26.0 Å². The predicted octanol–water partition coefficient (Wildman–Crippen LogP) is 3.07. The molecule has 5 nitrogen and oxygen atoms in total. The van der Waals surface area contributed by atoms with Crippen molar-refractivity contribution in [3.63, 3.8) is 0 Å². The van der Waals surface area contributed by atoms with Gasteiger partial charge in [-0.3, -0.25) is 4.79 Å². The summed E-state index contributed by atoms with van der Waals surface area (Å²) in [5, 5.41) is 2.55. The van der Waals surface area contributed by atoms with Gasteiger partial charge in [0.05, 0.1) is 10.5 Å². The van der Waals surface area contributed by atoms with E-state index in [9.17, 15) is 17.6 Å². The Morgan fingerprint density at radius 2 is 1.79 bits per heavy atom. The number of anilines is 1. The molecular weight excluding hydrogens is 331 g/mol. The van der Waals surface area contributed by atoms with Crippen molar-refractivity contribution < 1.29 is 17.6 Å². The van der Waals surface area contributed by atoms with E-state index in [2.05, 4.69) is 10.0 Å². The second kappa shape index (κ2) is 7.55. The molecule has 2 aromatic rings. The molecule has 0 aliphatic heterocycles. The molecule has 0 fully saturated rings. The Kier molecular flexibility index (Phi) is 5.69. The fraction of sp³-hybridized carbons (Fsp3) is 0.235. The van der Waals surface area contributed by atoms with Gasteiger partial charge in [0.1, 0.15) is 5.82 Å². The molecule has 0 aliphatic rings. The molecule has 2 N–H and O–H groups in total. The van der Waals surface area contributed by atoms with E-state index >= 15 is 0 Å². The molecule has 128 valence electrons. The minimum Gasteiger partial charge on any atom is -0.322 e. The van der Waals surface area contributed by atoms with Gasteiger partial charge in [0.25, 0.3) is 5.91 Å². The van der Waals surface area contributed by atoms with E-state index in [0.29, 0.717) is 12.1 Å². The van der Waals surface area contributed by atoms with Gasteiger partial charge in [-0.15, -0.1) is 0 Å².